The molecule has 1 aliphatic heterocycles. The number of hydrogen-bond donors (Lipinski definition) is 0. The number of allylic oxidation sites excluding steroid dienone is 1. The Labute approximate surface area is 68.4 Å². The van der Waals surface area contributed by atoms with Gasteiger partial charge in [-0.05, 0) is 24.3 Å². The molecule has 2 nitrogen and oxygen atoms in total. The molecule has 0 bridgehead atoms. The van der Waals surface area contributed by atoms with Crippen LogP contribution in [0.2, 0.25) is 0 Å². The number of nitrogens with zero attached hydrogens (tertiary/aromatic N) is 2. The van der Waals surface area contributed by atoms with Gasteiger partial charge in [0.15, 0.2) is 0 Å². The molecule has 11 heavy (non-hydrogen) atoms. The molecule has 0 saturated heterocycles. The van der Waals surface area contributed by atoms with Gasteiger partial charge in [-0.1, -0.05) is 20.8 Å². The quantitative estimate of drug-likeness (QED) is 0.591. The van der Waals surface area contributed by atoms with E-state index >= 15 is 0 Å². The van der Waals surface area contributed by atoms with Crippen molar-refractivity contribution in [2.45, 2.75) is 33.6 Å². The Morgan fingerprint density at radius 3 is 2.73 bits per heavy atom. The van der Waals surface area contributed by atoms with Gasteiger partial charge in [-0.3, -0.25) is 0 Å². The van der Waals surface area contributed by atoms with Crippen molar-refractivity contribution >= 4 is 5.71 Å². The van der Waals surface area contributed by atoms with Gasteiger partial charge in [0.05, 0.1) is 11.9 Å². The van der Waals surface area contributed by atoms with Gasteiger partial charge in [-0.25, -0.2) is 0 Å². The summed E-state index contributed by atoms with van der Waals surface area (Å²) < 4.78 is 0. The molecule has 0 saturated carbocycles. The molecular formula is C9H15N2. The highest BCUT2D eigenvalue weighted by Gasteiger charge is 2.11. The summed E-state index contributed by atoms with van der Waals surface area (Å²) in [5.74, 6) is 0.700. The fraction of sp³-hybridized carbons (Fsp3) is 0.667. The van der Waals surface area contributed by atoms with E-state index in [0.29, 0.717) is 5.92 Å². The lowest BCUT2D eigenvalue weighted by molar-refractivity contribution is 0.653. The Balaban J connectivity index is 2.52. The Bertz CT molecular complexity index is 190. The van der Waals surface area contributed by atoms with Crippen molar-refractivity contribution in [3.05, 3.63) is 11.8 Å². The van der Waals surface area contributed by atoms with Crippen LogP contribution in [0.25, 0.3) is 0 Å². The second-order valence-electron chi connectivity index (χ2n) is 3.27. The molecule has 0 amide bonds. The van der Waals surface area contributed by atoms with Gasteiger partial charge in [0, 0.05) is 0 Å². The molecule has 0 aliphatic carbocycles. The third-order valence-electron chi connectivity index (χ3n) is 1.73. The standard InChI is InChI=1S/C9H15N2/c1-4-9-8(5-7(2)3)6-10-11-9/h6-7H,4-5H2,1-3H3. The lowest BCUT2D eigenvalue weighted by Crippen LogP contribution is -2.00. The lowest BCUT2D eigenvalue weighted by Gasteiger charge is -2.05. The monoisotopic (exact) mass is 151 g/mol. The van der Waals surface area contributed by atoms with Crippen molar-refractivity contribution in [2.75, 3.05) is 0 Å². The maximum atomic E-state index is 4.04. The Hall–Kier alpha value is -0.790. The molecule has 0 unspecified atom stereocenters. The first-order valence-electron chi connectivity index (χ1n) is 4.20. The maximum absolute atomic E-state index is 4.04. The smallest absolute Gasteiger partial charge is 0.0675 e. The minimum atomic E-state index is 0.700. The van der Waals surface area contributed by atoms with Gasteiger partial charge in [-0.2, -0.15) is 10.5 Å². The first kappa shape index (κ1) is 8.31. The third-order valence-corrected chi connectivity index (χ3v) is 1.73. The summed E-state index contributed by atoms with van der Waals surface area (Å²) in [7, 11) is 0. The Morgan fingerprint density at radius 1 is 1.45 bits per heavy atom. The second-order valence-corrected chi connectivity index (χ2v) is 3.27. The van der Waals surface area contributed by atoms with E-state index in [1.165, 1.54) is 11.3 Å². The van der Waals surface area contributed by atoms with Crippen LogP contribution in [-0.2, 0) is 0 Å². The molecule has 0 fully saturated rings. The van der Waals surface area contributed by atoms with Gasteiger partial charge in [0.25, 0.3) is 0 Å². The average Bonchev–Trinajstić information content (AvgIpc) is 2.34. The first-order chi connectivity index (χ1) is 5.24. The van der Waals surface area contributed by atoms with Crippen molar-refractivity contribution in [3.8, 4) is 0 Å². The molecule has 0 aromatic rings. The zero-order valence-electron chi connectivity index (χ0n) is 7.46. The minimum absolute atomic E-state index is 0.700. The molecule has 1 aliphatic rings. The maximum Gasteiger partial charge on any atom is 0.0675 e. The van der Waals surface area contributed by atoms with E-state index in [-0.39, 0.29) is 0 Å². The summed E-state index contributed by atoms with van der Waals surface area (Å²) in [6, 6.07) is 0. The zero-order valence-corrected chi connectivity index (χ0v) is 7.46. The van der Waals surface area contributed by atoms with Crippen molar-refractivity contribution in [1.29, 1.82) is 0 Å². The summed E-state index contributed by atoms with van der Waals surface area (Å²) in [4.78, 5) is 0. The Morgan fingerprint density at radius 2 is 2.18 bits per heavy atom. The highest BCUT2D eigenvalue weighted by atomic mass is 15.3. The summed E-state index contributed by atoms with van der Waals surface area (Å²) in [5.41, 5.74) is 6.38. The lowest BCUT2D eigenvalue weighted by atomic mass is 9.99. The average molecular weight is 151 g/mol. The first-order valence-corrected chi connectivity index (χ1v) is 4.20. The van der Waals surface area contributed by atoms with Crippen LogP contribution in [0.3, 0.4) is 0 Å². The summed E-state index contributed by atoms with van der Waals surface area (Å²) >= 11 is 0. The summed E-state index contributed by atoms with van der Waals surface area (Å²) in [6.07, 6.45) is 4.00. The van der Waals surface area contributed by atoms with Crippen LogP contribution in [0, 0.1) is 5.92 Å². The van der Waals surface area contributed by atoms with E-state index in [1.807, 2.05) is 6.20 Å². The molecule has 61 valence electrons. The highest BCUT2D eigenvalue weighted by molar-refractivity contribution is 6.00. The van der Waals surface area contributed by atoms with E-state index < -0.39 is 0 Å². The van der Waals surface area contributed by atoms with Gasteiger partial charge in [0.2, 0.25) is 0 Å². The van der Waals surface area contributed by atoms with E-state index in [9.17, 15) is 0 Å². The fourth-order valence-corrected chi connectivity index (χ4v) is 1.22. The SMILES string of the molecule is CCC1=N[N]C=C1CC(C)C. The molecule has 0 aromatic carbocycles. The molecular weight excluding hydrogens is 136 g/mol. The largest absolute Gasteiger partial charge is 0.159 e. The molecule has 1 heterocycles. The molecule has 2 heteroatoms. The summed E-state index contributed by atoms with van der Waals surface area (Å²) in [6.45, 7) is 6.55. The van der Waals surface area contributed by atoms with Gasteiger partial charge >= 0.3 is 0 Å². The van der Waals surface area contributed by atoms with E-state index in [2.05, 4.69) is 31.3 Å². The van der Waals surface area contributed by atoms with Crippen LogP contribution < -0.4 is 5.43 Å². The molecule has 0 spiro atoms. The molecule has 1 rings (SSSR count). The Kier molecular flexibility index (Phi) is 2.69. The van der Waals surface area contributed by atoms with E-state index in [4.69, 9.17) is 0 Å². The van der Waals surface area contributed by atoms with Crippen molar-refractivity contribution in [2.24, 2.45) is 11.0 Å². The van der Waals surface area contributed by atoms with Crippen LogP contribution >= 0.6 is 0 Å². The van der Waals surface area contributed by atoms with Gasteiger partial charge < -0.3 is 0 Å². The highest BCUT2D eigenvalue weighted by Crippen LogP contribution is 2.16. The van der Waals surface area contributed by atoms with Crippen LogP contribution in [0.1, 0.15) is 33.6 Å². The predicted molar refractivity (Wildman–Crippen MR) is 47.4 cm³/mol. The van der Waals surface area contributed by atoms with Gasteiger partial charge in [-0.15, -0.1) is 0 Å². The molecule has 0 N–H and O–H groups in total. The summed E-state index contributed by atoms with van der Waals surface area (Å²) in [5, 5.41) is 4.04. The van der Waals surface area contributed by atoms with Crippen molar-refractivity contribution < 1.29 is 0 Å². The van der Waals surface area contributed by atoms with Crippen molar-refractivity contribution in [1.82, 2.24) is 5.43 Å². The van der Waals surface area contributed by atoms with E-state index in [1.54, 1.807) is 0 Å². The van der Waals surface area contributed by atoms with Crippen LogP contribution in [0.5, 0.6) is 0 Å². The molecule has 0 aromatic heterocycles. The third kappa shape index (κ3) is 2.07. The van der Waals surface area contributed by atoms with Crippen LogP contribution in [0.15, 0.2) is 16.9 Å². The van der Waals surface area contributed by atoms with Crippen molar-refractivity contribution in [3.63, 3.8) is 0 Å². The normalized spacial score (nSPS) is 16.4. The van der Waals surface area contributed by atoms with Gasteiger partial charge in [0.1, 0.15) is 0 Å². The minimum Gasteiger partial charge on any atom is -0.159 e. The van der Waals surface area contributed by atoms with Crippen LogP contribution in [0.4, 0.5) is 0 Å². The molecule has 1 radical (unpaired) electrons. The van der Waals surface area contributed by atoms with Crippen LogP contribution in [-0.4, -0.2) is 5.71 Å². The zero-order chi connectivity index (χ0) is 8.27. The number of hydrogen-bond acceptors (Lipinski definition) is 1. The number of rotatable bonds is 3. The topological polar surface area (TPSA) is 26.5 Å². The molecule has 0 atom stereocenters. The predicted octanol–water partition coefficient (Wildman–Crippen LogP) is 2.30. The van der Waals surface area contributed by atoms with E-state index in [0.717, 1.165) is 12.8 Å². The second kappa shape index (κ2) is 3.56. The fourth-order valence-electron chi connectivity index (χ4n) is 1.22.